The molecule has 1 saturated heterocycles. The SMILES string of the molecule is COCC1CCCN(CCC(CO)NC2CC2)C1. The zero-order valence-electron chi connectivity index (χ0n) is 11.6. The van der Waals surface area contributed by atoms with E-state index in [4.69, 9.17) is 4.74 Å². The molecule has 0 aromatic rings. The van der Waals surface area contributed by atoms with Crippen LogP contribution in [0.1, 0.15) is 32.1 Å². The van der Waals surface area contributed by atoms with Crippen molar-refractivity contribution in [2.45, 2.75) is 44.2 Å². The molecule has 2 unspecified atom stereocenters. The molecular formula is C14H28N2O2. The van der Waals surface area contributed by atoms with E-state index < -0.39 is 0 Å². The summed E-state index contributed by atoms with van der Waals surface area (Å²) in [6.07, 6.45) is 6.22. The number of aliphatic hydroxyl groups excluding tert-OH is 1. The largest absolute Gasteiger partial charge is 0.395 e. The van der Waals surface area contributed by atoms with Gasteiger partial charge in [0.1, 0.15) is 0 Å². The molecule has 2 atom stereocenters. The lowest BCUT2D eigenvalue weighted by Crippen LogP contribution is -2.42. The molecule has 4 nitrogen and oxygen atoms in total. The van der Waals surface area contributed by atoms with Gasteiger partial charge in [0.25, 0.3) is 0 Å². The first kappa shape index (κ1) is 14.3. The smallest absolute Gasteiger partial charge is 0.0585 e. The van der Waals surface area contributed by atoms with Crippen molar-refractivity contribution >= 4 is 0 Å². The van der Waals surface area contributed by atoms with E-state index in [1.165, 1.54) is 32.2 Å². The van der Waals surface area contributed by atoms with Crippen LogP contribution in [-0.4, -0.2) is 62.0 Å². The summed E-state index contributed by atoms with van der Waals surface area (Å²) >= 11 is 0. The van der Waals surface area contributed by atoms with E-state index >= 15 is 0 Å². The van der Waals surface area contributed by atoms with Crippen molar-refractivity contribution in [3.63, 3.8) is 0 Å². The fraction of sp³-hybridized carbons (Fsp3) is 1.00. The maximum absolute atomic E-state index is 9.37. The van der Waals surface area contributed by atoms with Crippen LogP contribution < -0.4 is 5.32 Å². The van der Waals surface area contributed by atoms with Gasteiger partial charge in [-0.1, -0.05) is 0 Å². The number of likely N-dealkylation sites (tertiary alicyclic amines) is 1. The second-order valence-corrected chi connectivity index (χ2v) is 5.87. The van der Waals surface area contributed by atoms with Gasteiger partial charge in [0.2, 0.25) is 0 Å². The maximum Gasteiger partial charge on any atom is 0.0585 e. The van der Waals surface area contributed by atoms with Gasteiger partial charge in [-0.2, -0.15) is 0 Å². The molecule has 0 aromatic heterocycles. The number of hydrogen-bond acceptors (Lipinski definition) is 4. The Bertz CT molecular complexity index is 232. The minimum Gasteiger partial charge on any atom is -0.395 e. The molecule has 0 amide bonds. The third-order valence-corrected chi connectivity index (χ3v) is 4.07. The van der Waals surface area contributed by atoms with Crippen LogP contribution in [-0.2, 0) is 4.74 Å². The molecule has 1 aliphatic carbocycles. The van der Waals surface area contributed by atoms with Crippen LogP contribution in [0.2, 0.25) is 0 Å². The Balaban J connectivity index is 1.64. The Labute approximate surface area is 111 Å². The van der Waals surface area contributed by atoms with Crippen molar-refractivity contribution in [3.8, 4) is 0 Å². The number of aliphatic hydroxyl groups is 1. The Morgan fingerprint density at radius 3 is 2.89 bits per heavy atom. The van der Waals surface area contributed by atoms with Crippen molar-refractivity contribution in [1.29, 1.82) is 0 Å². The normalized spacial score (nSPS) is 27.3. The zero-order valence-corrected chi connectivity index (χ0v) is 11.6. The Kier molecular flexibility index (Phi) is 5.89. The lowest BCUT2D eigenvalue weighted by Gasteiger charge is -2.33. The van der Waals surface area contributed by atoms with E-state index in [1.807, 2.05) is 0 Å². The van der Waals surface area contributed by atoms with Crippen LogP contribution in [0.25, 0.3) is 0 Å². The van der Waals surface area contributed by atoms with Crippen molar-refractivity contribution in [1.82, 2.24) is 10.2 Å². The van der Waals surface area contributed by atoms with Crippen LogP contribution in [0.15, 0.2) is 0 Å². The third-order valence-electron chi connectivity index (χ3n) is 4.07. The summed E-state index contributed by atoms with van der Waals surface area (Å²) in [7, 11) is 1.79. The van der Waals surface area contributed by atoms with E-state index in [0.717, 1.165) is 26.1 Å². The van der Waals surface area contributed by atoms with Crippen molar-refractivity contribution < 1.29 is 9.84 Å². The summed E-state index contributed by atoms with van der Waals surface area (Å²) in [6, 6.07) is 0.977. The molecule has 0 spiro atoms. The van der Waals surface area contributed by atoms with Crippen LogP contribution in [0, 0.1) is 5.92 Å². The van der Waals surface area contributed by atoms with E-state index in [-0.39, 0.29) is 6.61 Å². The third kappa shape index (κ3) is 4.84. The highest BCUT2D eigenvalue weighted by molar-refractivity contribution is 4.85. The van der Waals surface area contributed by atoms with Gasteiger partial charge < -0.3 is 20.1 Å². The number of ether oxygens (including phenoxy) is 1. The quantitative estimate of drug-likeness (QED) is 0.676. The number of nitrogens with zero attached hydrogens (tertiary/aromatic N) is 1. The molecule has 0 bridgehead atoms. The molecule has 2 aliphatic rings. The van der Waals surface area contributed by atoms with Crippen LogP contribution in [0.5, 0.6) is 0 Å². The average Bonchev–Trinajstić information content (AvgIpc) is 3.19. The summed E-state index contributed by atoms with van der Waals surface area (Å²) in [5.74, 6) is 0.702. The molecule has 106 valence electrons. The first-order valence-corrected chi connectivity index (χ1v) is 7.40. The summed E-state index contributed by atoms with van der Waals surface area (Å²) in [4.78, 5) is 2.53. The fourth-order valence-electron chi connectivity index (χ4n) is 2.88. The molecule has 2 N–H and O–H groups in total. The van der Waals surface area contributed by atoms with Crippen LogP contribution >= 0.6 is 0 Å². The first-order chi connectivity index (χ1) is 8.81. The molecule has 2 rings (SSSR count). The van der Waals surface area contributed by atoms with Gasteiger partial charge in [-0.05, 0) is 51.1 Å². The molecule has 4 heteroatoms. The van der Waals surface area contributed by atoms with Gasteiger partial charge in [0, 0.05) is 25.7 Å². The minimum atomic E-state index is 0.270. The number of nitrogens with one attached hydrogen (secondary N) is 1. The Morgan fingerprint density at radius 2 is 2.22 bits per heavy atom. The number of methoxy groups -OCH3 is 1. The molecule has 0 aromatic carbocycles. The zero-order chi connectivity index (χ0) is 12.8. The lowest BCUT2D eigenvalue weighted by atomic mass is 9.98. The van der Waals surface area contributed by atoms with E-state index in [2.05, 4.69) is 10.2 Å². The van der Waals surface area contributed by atoms with Crippen molar-refractivity contribution in [3.05, 3.63) is 0 Å². The van der Waals surface area contributed by atoms with Gasteiger partial charge in [-0.25, -0.2) is 0 Å². The average molecular weight is 256 g/mol. The Hall–Kier alpha value is -0.160. The monoisotopic (exact) mass is 256 g/mol. The molecule has 2 fully saturated rings. The van der Waals surface area contributed by atoms with Crippen LogP contribution in [0.4, 0.5) is 0 Å². The predicted molar refractivity (Wildman–Crippen MR) is 72.7 cm³/mol. The first-order valence-electron chi connectivity index (χ1n) is 7.40. The fourth-order valence-corrected chi connectivity index (χ4v) is 2.88. The lowest BCUT2D eigenvalue weighted by molar-refractivity contribution is 0.0868. The van der Waals surface area contributed by atoms with Gasteiger partial charge in [0.05, 0.1) is 13.2 Å². The molecule has 1 heterocycles. The number of piperidine rings is 1. The second kappa shape index (κ2) is 7.43. The van der Waals surface area contributed by atoms with Gasteiger partial charge in [-0.3, -0.25) is 0 Å². The summed E-state index contributed by atoms with van der Waals surface area (Å²) < 4.78 is 5.26. The molecule has 1 aliphatic heterocycles. The summed E-state index contributed by atoms with van der Waals surface area (Å²) in [6.45, 7) is 4.63. The van der Waals surface area contributed by atoms with E-state index in [9.17, 15) is 5.11 Å². The van der Waals surface area contributed by atoms with Crippen molar-refractivity contribution in [2.24, 2.45) is 5.92 Å². The molecule has 1 saturated carbocycles. The second-order valence-electron chi connectivity index (χ2n) is 5.87. The minimum absolute atomic E-state index is 0.270. The van der Waals surface area contributed by atoms with Crippen LogP contribution in [0.3, 0.4) is 0 Å². The predicted octanol–water partition coefficient (Wildman–Crippen LogP) is 0.848. The number of rotatable bonds is 8. The van der Waals surface area contributed by atoms with Gasteiger partial charge >= 0.3 is 0 Å². The van der Waals surface area contributed by atoms with E-state index in [0.29, 0.717) is 18.0 Å². The Morgan fingerprint density at radius 1 is 1.39 bits per heavy atom. The van der Waals surface area contributed by atoms with E-state index in [1.54, 1.807) is 7.11 Å². The number of hydrogen-bond donors (Lipinski definition) is 2. The molecule has 18 heavy (non-hydrogen) atoms. The summed E-state index contributed by atoms with van der Waals surface area (Å²) in [5, 5.41) is 12.9. The summed E-state index contributed by atoms with van der Waals surface area (Å²) in [5.41, 5.74) is 0. The van der Waals surface area contributed by atoms with Gasteiger partial charge in [0.15, 0.2) is 0 Å². The molecule has 0 radical (unpaired) electrons. The molecular weight excluding hydrogens is 228 g/mol. The van der Waals surface area contributed by atoms with Crippen molar-refractivity contribution in [2.75, 3.05) is 40.0 Å². The van der Waals surface area contributed by atoms with Gasteiger partial charge in [-0.15, -0.1) is 0 Å². The topological polar surface area (TPSA) is 44.7 Å². The highest BCUT2D eigenvalue weighted by Gasteiger charge is 2.25. The highest BCUT2D eigenvalue weighted by Crippen LogP contribution is 2.20. The standard InChI is InChI=1S/C14H28N2O2/c1-18-11-12-3-2-7-16(9-12)8-6-14(10-17)15-13-4-5-13/h12-15,17H,2-11H2,1H3. The highest BCUT2D eigenvalue weighted by atomic mass is 16.5. The maximum atomic E-state index is 9.37.